The van der Waals surface area contributed by atoms with Crippen molar-refractivity contribution in [2.45, 2.75) is 44.5 Å². The molecule has 2 aromatic rings. The first kappa shape index (κ1) is 26.2. The Morgan fingerprint density at radius 2 is 1.44 bits per heavy atom. The fourth-order valence-corrected chi connectivity index (χ4v) is 3.11. The van der Waals surface area contributed by atoms with Crippen LogP contribution in [0.1, 0.15) is 24.5 Å². The van der Waals surface area contributed by atoms with Gasteiger partial charge in [0, 0.05) is 6.42 Å². The average Bonchev–Trinajstić information content (AvgIpc) is 2.90. The van der Waals surface area contributed by atoms with Gasteiger partial charge in [0.25, 0.3) is 0 Å². The van der Waals surface area contributed by atoms with E-state index < -0.39 is 54.4 Å². The van der Waals surface area contributed by atoms with Gasteiger partial charge in [0.2, 0.25) is 11.8 Å². The minimum absolute atomic E-state index is 0.0666. The number of alkyl carbamates (subject to hydrolysis) is 1. The molecule has 4 N–H and O–H groups in total. The Kier molecular flexibility index (Phi) is 10.3. The van der Waals surface area contributed by atoms with E-state index in [4.69, 9.17) is 10.9 Å². The van der Waals surface area contributed by atoms with Crippen molar-refractivity contribution in [3.63, 3.8) is 0 Å². The summed E-state index contributed by atoms with van der Waals surface area (Å²) in [5, 5.41) is 14.2. The number of hydrogen-bond acceptors (Lipinski definition) is 7. The van der Waals surface area contributed by atoms with Gasteiger partial charge in [0.15, 0.2) is 1.41 Å². The lowest BCUT2D eigenvalue weighted by atomic mass is 10.0. The molecule has 0 aliphatic carbocycles. The van der Waals surface area contributed by atoms with Gasteiger partial charge in [-0.05, 0) is 18.1 Å². The first-order valence-corrected chi connectivity index (χ1v) is 11.1. The summed E-state index contributed by atoms with van der Waals surface area (Å²) in [6.45, 7) is 1.10. The maximum atomic E-state index is 12.9. The highest BCUT2D eigenvalue weighted by molar-refractivity contribution is 5.94. The highest BCUT2D eigenvalue weighted by atomic mass is 16.5. The van der Waals surface area contributed by atoms with Gasteiger partial charge in [-0.3, -0.25) is 14.4 Å². The molecule has 0 aliphatic heterocycles. The van der Waals surface area contributed by atoms with Crippen molar-refractivity contribution in [1.29, 1.82) is 0 Å². The molecular weight excluding hydrogens is 470 g/mol. The third kappa shape index (κ3) is 9.45. The second kappa shape index (κ2) is 14.1. The van der Waals surface area contributed by atoms with E-state index in [2.05, 4.69) is 10.6 Å². The van der Waals surface area contributed by atoms with Gasteiger partial charge in [-0.1, -0.05) is 60.7 Å². The molecule has 0 aromatic heterocycles. The molecule has 0 fully saturated rings. The van der Waals surface area contributed by atoms with E-state index >= 15 is 0 Å². The molecular formula is C25H29N3O8. The molecule has 3 amide bonds. The summed E-state index contributed by atoms with van der Waals surface area (Å²) in [6.07, 6.45) is -1.85. The van der Waals surface area contributed by atoms with E-state index in [1.54, 1.807) is 60.7 Å². The molecule has 11 nitrogen and oxygen atoms in total. The molecule has 0 spiro atoms. The van der Waals surface area contributed by atoms with Crippen LogP contribution in [-0.2, 0) is 41.7 Å². The van der Waals surface area contributed by atoms with E-state index in [9.17, 15) is 29.1 Å². The number of methoxy groups -OCH3 is 1. The Morgan fingerprint density at radius 1 is 0.889 bits per heavy atom. The number of rotatable bonds is 12. The van der Waals surface area contributed by atoms with E-state index in [0.717, 1.165) is 7.11 Å². The van der Waals surface area contributed by atoms with Crippen LogP contribution in [0.25, 0.3) is 0 Å². The number of carboxylic acid groups (broad SMARTS) is 1. The zero-order valence-corrected chi connectivity index (χ0v) is 19.9. The molecule has 11 heteroatoms. The maximum absolute atomic E-state index is 12.9. The normalized spacial score (nSPS) is 13.2. The molecule has 0 saturated heterocycles. The molecule has 192 valence electrons. The summed E-state index contributed by atoms with van der Waals surface area (Å²) in [6, 6.07) is 13.3. The van der Waals surface area contributed by atoms with Crippen LogP contribution in [0, 0.1) is 0 Å². The van der Waals surface area contributed by atoms with Crippen LogP contribution < -0.4 is 15.9 Å². The topological polar surface area (TPSA) is 160 Å². The number of carbonyl (C=O) groups is 5. The Balaban J connectivity index is 2.04. The number of benzene rings is 2. The number of esters is 1. The fraction of sp³-hybridized carbons (Fsp3) is 0.320. The lowest BCUT2D eigenvalue weighted by Crippen LogP contribution is -2.56. The smallest absolute Gasteiger partial charge is 0.408 e. The summed E-state index contributed by atoms with van der Waals surface area (Å²) in [4.78, 5) is 61.3. The van der Waals surface area contributed by atoms with Crippen LogP contribution in [0.5, 0.6) is 0 Å². The quantitative estimate of drug-likeness (QED) is 0.316. The zero-order chi connectivity index (χ0) is 27.4. The van der Waals surface area contributed by atoms with E-state index in [0.29, 0.717) is 11.1 Å². The van der Waals surface area contributed by atoms with E-state index in [1.807, 2.05) is 0 Å². The van der Waals surface area contributed by atoms with Crippen LogP contribution >= 0.6 is 0 Å². The highest BCUT2D eigenvalue weighted by Gasteiger charge is 2.30. The summed E-state index contributed by atoms with van der Waals surface area (Å²) in [7, 11) is 1.14. The van der Waals surface area contributed by atoms with Gasteiger partial charge < -0.3 is 30.5 Å². The summed E-state index contributed by atoms with van der Waals surface area (Å²) < 4.78 is 17.7. The van der Waals surface area contributed by atoms with Crippen molar-refractivity contribution in [3.8, 4) is 0 Å². The van der Waals surface area contributed by atoms with Crippen LogP contribution in [0.15, 0.2) is 60.7 Å². The van der Waals surface area contributed by atoms with Crippen molar-refractivity contribution in [1.82, 2.24) is 15.9 Å². The lowest BCUT2D eigenvalue weighted by molar-refractivity contribution is -0.145. The van der Waals surface area contributed by atoms with Crippen molar-refractivity contribution in [3.05, 3.63) is 71.8 Å². The van der Waals surface area contributed by atoms with Gasteiger partial charge in [0.05, 0.1) is 13.5 Å². The highest BCUT2D eigenvalue weighted by Crippen LogP contribution is 2.06. The molecule has 0 aliphatic rings. The first-order chi connectivity index (χ1) is 17.6. The Hall–Kier alpha value is -4.41. The maximum Gasteiger partial charge on any atom is 0.408 e. The standard InChI is InChI=1S/C25H29N3O8/c1-16(26-25(34)36-15-18-11-7-4-8-12-18)22(31)27-19(14-21(29)30)23(32)28-20(24(33)35-2)13-17-9-5-3-6-10-17/h3-12,16,19-20H,13-15H2,1-2H3,(H,26,34)(H,27,31)(H,28,32)(H,29,30)/t16-,19+,20+/m1/s1/i/hD. The summed E-state index contributed by atoms with van der Waals surface area (Å²) >= 11 is 0. The number of hydrogen-bond donors (Lipinski definition) is 4. The van der Waals surface area contributed by atoms with Gasteiger partial charge in [-0.2, -0.15) is 0 Å². The molecule has 0 unspecified atom stereocenters. The molecule has 0 bridgehead atoms. The fourth-order valence-electron chi connectivity index (χ4n) is 3.11. The number of carboxylic acids is 1. The van der Waals surface area contributed by atoms with Crippen molar-refractivity contribution in [2.75, 3.05) is 7.11 Å². The van der Waals surface area contributed by atoms with Gasteiger partial charge in [0.1, 0.15) is 24.7 Å². The number of aliphatic carboxylic acids is 1. The van der Waals surface area contributed by atoms with Gasteiger partial charge in [-0.15, -0.1) is 0 Å². The molecule has 0 saturated carbocycles. The van der Waals surface area contributed by atoms with Crippen LogP contribution in [0.2, 0.25) is 1.41 Å². The minimum Gasteiger partial charge on any atom is -0.481 e. The van der Waals surface area contributed by atoms with Crippen molar-refractivity contribution in [2.24, 2.45) is 0 Å². The Morgan fingerprint density at radius 3 is 2.00 bits per heavy atom. The largest absolute Gasteiger partial charge is 0.481 e. The van der Waals surface area contributed by atoms with Gasteiger partial charge >= 0.3 is 18.0 Å². The molecule has 3 atom stereocenters. The zero-order valence-electron chi connectivity index (χ0n) is 20.9. The number of ether oxygens (including phenoxy) is 2. The predicted molar refractivity (Wildman–Crippen MR) is 128 cm³/mol. The third-order valence-electron chi connectivity index (χ3n) is 4.98. The molecule has 0 radical (unpaired) electrons. The van der Waals surface area contributed by atoms with E-state index in [1.165, 1.54) is 6.92 Å². The van der Waals surface area contributed by atoms with Crippen LogP contribution in [0.4, 0.5) is 4.79 Å². The lowest BCUT2D eigenvalue weighted by Gasteiger charge is -2.23. The van der Waals surface area contributed by atoms with Crippen molar-refractivity contribution < 1.29 is 40.0 Å². The predicted octanol–water partition coefficient (Wildman–Crippen LogP) is 1.16. The molecule has 2 rings (SSSR count). The molecule has 0 heterocycles. The van der Waals surface area contributed by atoms with Gasteiger partial charge in [-0.25, -0.2) is 9.59 Å². The van der Waals surface area contributed by atoms with Crippen LogP contribution in [0.3, 0.4) is 0 Å². The molecule has 2 aromatic carbocycles. The third-order valence-corrected chi connectivity index (χ3v) is 4.98. The average molecular weight is 501 g/mol. The number of nitrogens with one attached hydrogen (secondary N) is 3. The number of carbonyl (C=O) groups excluding carboxylic acids is 4. The second-order valence-corrected chi connectivity index (χ2v) is 7.78. The Labute approximate surface area is 209 Å². The van der Waals surface area contributed by atoms with Crippen LogP contribution in [-0.4, -0.2) is 60.2 Å². The molecule has 36 heavy (non-hydrogen) atoms. The summed E-state index contributed by atoms with van der Waals surface area (Å²) in [5.41, 5.74) is 1.39. The Bertz CT molecular complexity index is 1080. The SMILES string of the molecule is [2H]N(C(=O)OCc1ccccc1)[C@H](C)C(=O)N[C@@H](CC(=O)O)C(=O)N[C@@H](Cc1ccccc1)C(=O)OC. The summed E-state index contributed by atoms with van der Waals surface area (Å²) in [5.74, 6) is -4.07. The number of amides is 3. The monoisotopic (exact) mass is 500 g/mol. The van der Waals surface area contributed by atoms with Crippen molar-refractivity contribution >= 4 is 29.8 Å². The first-order valence-electron chi connectivity index (χ1n) is 11.5. The minimum atomic E-state index is -1.59. The van der Waals surface area contributed by atoms with E-state index in [-0.39, 0.29) is 18.3 Å². The second-order valence-electron chi connectivity index (χ2n) is 7.78.